The first-order valence-electron chi connectivity index (χ1n) is 6.51. The number of nitrogens with two attached hydrogens (primary N) is 1. The summed E-state index contributed by atoms with van der Waals surface area (Å²) in [5.74, 6) is 1.74. The molecule has 0 fully saturated rings. The molecule has 3 rings (SSSR count). The van der Waals surface area contributed by atoms with Gasteiger partial charge in [0.25, 0.3) is 0 Å². The molecule has 0 radical (unpaired) electrons. The van der Waals surface area contributed by atoms with Crippen LogP contribution in [-0.2, 0) is 4.87 Å². The van der Waals surface area contributed by atoms with Crippen molar-refractivity contribution in [2.75, 3.05) is 5.75 Å². The molecule has 1 aliphatic rings. The summed E-state index contributed by atoms with van der Waals surface area (Å²) in [5.41, 5.74) is 9.18. The molecule has 1 unspecified atom stereocenters. The highest BCUT2D eigenvalue weighted by molar-refractivity contribution is 8.00. The fourth-order valence-electron chi connectivity index (χ4n) is 2.30. The van der Waals surface area contributed by atoms with Gasteiger partial charge in [-0.25, -0.2) is 9.97 Å². The van der Waals surface area contributed by atoms with Crippen molar-refractivity contribution in [1.82, 2.24) is 9.97 Å². The van der Waals surface area contributed by atoms with E-state index in [1.807, 2.05) is 30.2 Å². The first-order valence-corrected chi connectivity index (χ1v) is 7.50. The number of nitrogens with zero attached hydrogens (tertiary/aromatic N) is 3. The number of amidine groups is 1. The molecule has 1 aliphatic heterocycles. The minimum absolute atomic E-state index is 0.298. The largest absolute Gasteiger partial charge is 0.387 e. The molecule has 1 atom stereocenters. The lowest BCUT2D eigenvalue weighted by Crippen LogP contribution is -2.27. The molecule has 0 aliphatic carbocycles. The minimum atomic E-state index is -0.298. The predicted molar refractivity (Wildman–Crippen MR) is 83.5 cm³/mol. The number of hydrogen-bond donors (Lipinski definition) is 1. The van der Waals surface area contributed by atoms with E-state index >= 15 is 0 Å². The number of rotatable bonds is 2. The normalized spacial score (nSPS) is 22.4. The molecule has 5 heteroatoms. The third-order valence-corrected chi connectivity index (χ3v) is 4.69. The third-order valence-electron chi connectivity index (χ3n) is 3.39. The van der Waals surface area contributed by atoms with Gasteiger partial charge in [-0.05, 0) is 24.1 Å². The summed E-state index contributed by atoms with van der Waals surface area (Å²) >= 11 is 1.83. The Morgan fingerprint density at radius 3 is 2.75 bits per heavy atom. The van der Waals surface area contributed by atoms with Gasteiger partial charge >= 0.3 is 0 Å². The zero-order chi connectivity index (χ0) is 14.0. The monoisotopic (exact) mass is 284 g/mol. The summed E-state index contributed by atoms with van der Waals surface area (Å²) in [6.07, 6.45) is 6.04. The van der Waals surface area contributed by atoms with E-state index in [2.05, 4.69) is 40.1 Å². The lowest BCUT2D eigenvalue weighted by Gasteiger charge is -2.29. The van der Waals surface area contributed by atoms with Crippen molar-refractivity contribution in [3.8, 4) is 11.1 Å². The molecule has 102 valence electrons. The van der Waals surface area contributed by atoms with Crippen LogP contribution in [0.2, 0.25) is 0 Å². The van der Waals surface area contributed by atoms with E-state index in [4.69, 9.17) is 5.73 Å². The summed E-state index contributed by atoms with van der Waals surface area (Å²) in [6.45, 7) is 2.12. The third kappa shape index (κ3) is 2.54. The summed E-state index contributed by atoms with van der Waals surface area (Å²) in [5, 5.41) is 0. The fourth-order valence-corrected chi connectivity index (χ4v) is 3.48. The average molecular weight is 284 g/mol. The maximum atomic E-state index is 5.91. The van der Waals surface area contributed by atoms with Gasteiger partial charge in [0, 0.05) is 30.1 Å². The Morgan fingerprint density at radius 1 is 1.20 bits per heavy atom. The number of aliphatic imine (C=N–C) groups is 1. The van der Waals surface area contributed by atoms with Crippen molar-refractivity contribution >= 4 is 17.6 Å². The highest BCUT2D eigenvalue weighted by Gasteiger charge is 2.29. The quantitative estimate of drug-likeness (QED) is 0.921. The molecule has 0 amide bonds. The summed E-state index contributed by atoms with van der Waals surface area (Å²) in [7, 11) is 0. The van der Waals surface area contributed by atoms with Crippen molar-refractivity contribution in [1.29, 1.82) is 0 Å². The molecule has 4 nitrogen and oxygen atoms in total. The van der Waals surface area contributed by atoms with E-state index in [-0.39, 0.29) is 4.87 Å². The highest BCUT2D eigenvalue weighted by Crippen LogP contribution is 2.41. The smallest absolute Gasteiger partial charge is 0.130 e. The maximum absolute atomic E-state index is 5.91. The van der Waals surface area contributed by atoms with Crippen LogP contribution in [0.15, 0.2) is 48.0 Å². The van der Waals surface area contributed by atoms with E-state index in [0.29, 0.717) is 0 Å². The van der Waals surface area contributed by atoms with E-state index in [0.717, 1.165) is 34.7 Å². The van der Waals surface area contributed by atoms with Gasteiger partial charge in [-0.1, -0.05) is 18.2 Å². The van der Waals surface area contributed by atoms with Crippen molar-refractivity contribution in [3.05, 3.63) is 48.5 Å². The molecule has 2 N–H and O–H groups in total. The molecule has 2 heterocycles. The maximum Gasteiger partial charge on any atom is 0.130 e. The van der Waals surface area contributed by atoms with Crippen LogP contribution < -0.4 is 5.73 Å². The van der Waals surface area contributed by atoms with Crippen molar-refractivity contribution in [3.63, 3.8) is 0 Å². The van der Waals surface area contributed by atoms with E-state index in [1.165, 1.54) is 6.33 Å². The van der Waals surface area contributed by atoms with Gasteiger partial charge in [0.15, 0.2) is 0 Å². The van der Waals surface area contributed by atoms with Gasteiger partial charge in [-0.15, -0.1) is 11.8 Å². The Labute approximate surface area is 122 Å². The fraction of sp³-hybridized carbons (Fsp3) is 0.267. The van der Waals surface area contributed by atoms with Gasteiger partial charge in [-0.3, -0.25) is 4.99 Å². The van der Waals surface area contributed by atoms with Crippen LogP contribution in [0.3, 0.4) is 0 Å². The summed E-state index contributed by atoms with van der Waals surface area (Å²) < 4.78 is 0. The summed E-state index contributed by atoms with van der Waals surface area (Å²) in [6, 6.07) is 8.35. The van der Waals surface area contributed by atoms with Crippen molar-refractivity contribution in [2.45, 2.75) is 18.2 Å². The van der Waals surface area contributed by atoms with Gasteiger partial charge in [0.1, 0.15) is 11.2 Å². The highest BCUT2D eigenvalue weighted by atomic mass is 32.2. The zero-order valence-corrected chi connectivity index (χ0v) is 12.1. The molecule has 0 saturated carbocycles. The molecular formula is C15H16N4S. The molecule has 0 saturated heterocycles. The zero-order valence-electron chi connectivity index (χ0n) is 11.3. The number of aromatic nitrogens is 2. The lowest BCUT2D eigenvalue weighted by molar-refractivity contribution is 0.725. The Kier molecular flexibility index (Phi) is 3.44. The van der Waals surface area contributed by atoms with Gasteiger partial charge in [0.05, 0.1) is 5.84 Å². The Balaban J connectivity index is 2.02. The first-order chi connectivity index (χ1) is 9.67. The molecular weight excluding hydrogens is 268 g/mol. The predicted octanol–water partition coefficient (Wildman–Crippen LogP) is 2.81. The molecule has 20 heavy (non-hydrogen) atoms. The van der Waals surface area contributed by atoms with Crippen LogP contribution in [0.1, 0.15) is 18.9 Å². The SMILES string of the molecule is CC1(c2cccc(-c3cncnc3)c2)N=C(N)CCS1. The number of thioether (sulfide) groups is 1. The first kappa shape index (κ1) is 13.1. The number of benzene rings is 1. The molecule has 1 aromatic heterocycles. The minimum Gasteiger partial charge on any atom is -0.387 e. The van der Waals surface area contributed by atoms with Crippen LogP contribution in [-0.4, -0.2) is 21.6 Å². The standard InChI is InChI=1S/C15H16N4S/c1-15(19-14(16)5-6-20-15)13-4-2-3-11(7-13)12-8-17-10-18-9-12/h2-4,7-10H,5-6H2,1H3,(H2,16,19). The van der Waals surface area contributed by atoms with Gasteiger partial charge < -0.3 is 5.73 Å². The Morgan fingerprint density at radius 2 is 2.00 bits per heavy atom. The van der Waals surface area contributed by atoms with E-state index < -0.39 is 0 Å². The van der Waals surface area contributed by atoms with Crippen LogP contribution in [0.25, 0.3) is 11.1 Å². The number of hydrogen-bond acceptors (Lipinski definition) is 5. The van der Waals surface area contributed by atoms with Crippen LogP contribution >= 0.6 is 11.8 Å². The van der Waals surface area contributed by atoms with Crippen molar-refractivity contribution in [2.24, 2.45) is 10.7 Å². The molecule has 0 spiro atoms. The Hall–Kier alpha value is -1.88. The van der Waals surface area contributed by atoms with Crippen LogP contribution in [0.4, 0.5) is 0 Å². The van der Waals surface area contributed by atoms with Crippen molar-refractivity contribution < 1.29 is 0 Å². The van der Waals surface area contributed by atoms with Gasteiger partial charge in [-0.2, -0.15) is 0 Å². The van der Waals surface area contributed by atoms with Crippen LogP contribution in [0, 0.1) is 0 Å². The molecule has 1 aromatic carbocycles. The second-order valence-electron chi connectivity index (χ2n) is 4.89. The topological polar surface area (TPSA) is 64.2 Å². The molecule has 0 bridgehead atoms. The lowest BCUT2D eigenvalue weighted by atomic mass is 10.0. The molecule has 2 aromatic rings. The van der Waals surface area contributed by atoms with Gasteiger partial charge in [0.2, 0.25) is 0 Å². The second kappa shape index (κ2) is 5.25. The second-order valence-corrected chi connectivity index (χ2v) is 6.38. The van der Waals surface area contributed by atoms with E-state index in [9.17, 15) is 0 Å². The van der Waals surface area contributed by atoms with Crippen LogP contribution in [0.5, 0.6) is 0 Å². The summed E-state index contributed by atoms with van der Waals surface area (Å²) in [4.78, 5) is 12.5. The van der Waals surface area contributed by atoms with E-state index in [1.54, 1.807) is 0 Å². The average Bonchev–Trinajstić information content (AvgIpc) is 2.48. The Bertz CT molecular complexity index is 641.